The van der Waals surface area contributed by atoms with E-state index in [-0.39, 0.29) is 47.7 Å². The minimum absolute atomic E-state index is 0.0409. The van der Waals surface area contributed by atoms with E-state index in [0.717, 1.165) is 30.8 Å². The lowest BCUT2D eigenvalue weighted by molar-refractivity contribution is -0.149. The summed E-state index contributed by atoms with van der Waals surface area (Å²) in [4.78, 5) is 44.1. The Morgan fingerprint density at radius 2 is 1.86 bits per heavy atom. The predicted octanol–water partition coefficient (Wildman–Crippen LogP) is 4.32. The van der Waals surface area contributed by atoms with Crippen molar-refractivity contribution in [1.29, 1.82) is 0 Å². The molecular weight excluding hydrogens is 580 g/mol. The number of halogens is 1. The smallest absolute Gasteiger partial charge is 0.309 e. The van der Waals surface area contributed by atoms with Gasteiger partial charge in [0.2, 0.25) is 0 Å². The molecule has 0 unspecified atom stereocenters. The molecule has 3 aromatic heterocycles. The maximum absolute atomic E-state index is 13.5. The van der Waals surface area contributed by atoms with E-state index in [0.29, 0.717) is 54.4 Å². The molecule has 226 valence electrons. The molecule has 0 aromatic carbocycles. The molecule has 2 fully saturated rings. The Bertz CT molecular complexity index is 1400. The van der Waals surface area contributed by atoms with E-state index >= 15 is 0 Å². The van der Waals surface area contributed by atoms with Crippen molar-refractivity contribution in [3.05, 3.63) is 45.7 Å². The zero-order valence-corrected chi connectivity index (χ0v) is 25.7. The van der Waals surface area contributed by atoms with Gasteiger partial charge >= 0.3 is 5.97 Å². The highest BCUT2D eigenvalue weighted by Crippen LogP contribution is 2.31. The molecule has 11 nitrogen and oxygen atoms in total. The maximum Gasteiger partial charge on any atom is 0.309 e. The molecule has 1 N–H and O–H groups in total. The van der Waals surface area contributed by atoms with Gasteiger partial charge in [0.1, 0.15) is 11.4 Å². The normalized spacial score (nSPS) is 17.1. The van der Waals surface area contributed by atoms with E-state index in [1.165, 1.54) is 16.0 Å². The molecule has 2 aliphatic heterocycles. The van der Waals surface area contributed by atoms with Crippen molar-refractivity contribution in [3.8, 4) is 10.6 Å². The third-order valence-electron chi connectivity index (χ3n) is 7.92. The van der Waals surface area contributed by atoms with Crippen LogP contribution in [0.5, 0.6) is 0 Å². The van der Waals surface area contributed by atoms with Crippen LogP contribution in [0.4, 0.5) is 0 Å². The predicted molar refractivity (Wildman–Crippen MR) is 159 cm³/mol. The lowest BCUT2D eigenvalue weighted by Gasteiger charge is -2.34. The zero-order chi connectivity index (χ0) is 29.8. The Labute approximate surface area is 254 Å². The Kier molecular flexibility index (Phi) is 9.64. The van der Waals surface area contributed by atoms with E-state index in [9.17, 15) is 14.4 Å². The number of amides is 2. The third-order valence-corrected chi connectivity index (χ3v) is 9.16. The molecule has 13 heteroatoms. The first-order valence-corrected chi connectivity index (χ1v) is 15.7. The monoisotopic (exact) mass is 616 g/mol. The highest BCUT2D eigenvalue weighted by Gasteiger charge is 2.31. The first kappa shape index (κ1) is 30.2. The van der Waals surface area contributed by atoms with Gasteiger partial charge in [-0.3, -0.25) is 19.1 Å². The molecule has 3 aromatic rings. The van der Waals surface area contributed by atoms with Crippen LogP contribution in [0.15, 0.2) is 28.8 Å². The van der Waals surface area contributed by atoms with Crippen LogP contribution in [0.1, 0.15) is 73.1 Å². The number of hydrogen-bond acceptors (Lipinski definition) is 9. The number of ether oxygens (including phenoxy) is 1. The Morgan fingerprint density at radius 3 is 2.50 bits per heavy atom. The number of nitrogens with zero attached hydrogens (tertiary/aromatic N) is 5. The standard InChI is InChI=1S/C29H37ClN6O5S/c1-4-40-29(39)19-7-11-35(12-8-19)28(38)22-16-23(27(37)31-20-9-13-34(14-10-20)18(2)3)36(32-22)17-21-15-24(41-33-21)25-5-6-26(30)42-25/h5-6,15-16,18-20H,4,7-14,17H2,1-3H3,(H,31,37). The van der Waals surface area contributed by atoms with Gasteiger partial charge in [0, 0.05) is 50.4 Å². The van der Waals surface area contributed by atoms with E-state index in [4.69, 9.17) is 20.9 Å². The van der Waals surface area contributed by atoms with Crippen molar-refractivity contribution >= 4 is 40.7 Å². The maximum atomic E-state index is 13.5. The number of hydrogen-bond donors (Lipinski definition) is 1. The molecule has 0 saturated carbocycles. The number of carbonyl (C=O) groups excluding carboxylic acids is 3. The summed E-state index contributed by atoms with van der Waals surface area (Å²) in [5.41, 5.74) is 1.03. The minimum Gasteiger partial charge on any atom is -0.466 e. The number of rotatable bonds is 9. The molecule has 2 amide bonds. The van der Waals surface area contributed by atoms with E-state index in [1.54, 1.807) is 30.0 Å². The summed E-state index contributed by atoms with van der Waals surface area (Å²) in [6, 6.07) is 7.50. The summed E-state index contributed by atoms with van der Waals surface area (Å²) in [7, 11) is 0. The van der Waals surface area contributed by atoms with Crippen LogP contribution in [0.3, 0.4) is 0 Å². The molecule has 0 aliphatic carbocycles. The fourth-order valence-corrected chi connectivity index (χ4v) is 6.48. The van der Waals surface area contributed by atoms with Crippen LogP contribution in [0.25, 0.3) is 10.6 Å². The molecule has 0 bridgehead atoms. The van der Waals surface area contributed by atoms with Gasteiger partial charge in [-0.1, -0.05) is 16.8 Å². The van der Waals surface area contributed by atoms with Gasteiger partial charge < -0.3 is 24.4 Å². The lowest BCUT2D eigenvalue weighted by Crippen LogP contribution is -2.46. The number of esters is 1. The summed E-state index contributed by atoms with van der Waals surface area (Å²) in [5, 5.41) is 11.9. The van der Waals surface area contributed by atoms with Gasteiger partial charge in [-0.25, -0.2) is 0 Å². The van der Waals surface area contributed by atoms with E-state index in [1.807, 2.05) is 6.07 Å². The molecule has 5 rings (SSSR count). The summed E-state index contributed by atoms with van der Waals surface area (Å²) < 4.78 is 12.8. The van der Waals surface area contributed by atoms with Crippen LogP contribution in [0.2, 0.25) is 4.34 Å². The molecule has 42 heavy (non-hydrogen) atoms. The molecular formula is C29H37ClN6O5S. The first-order chi connectivity index (χ1) is 20.2. The lowest BCUT2D eigenvalue weighted by atomic mass is 9.97. The van der Waals surface area contributed by atoms with Gasteiger partial charge in [-0.2, -0.15) is 5.10 Å². The largest absolute Gasteiger partial charge is 0.466 e. The first-order valence-electron chi connectivity index (χ1n) is 14.5. The van der Waals surface area contributed by atoms with Crippen LogP contribution in [0, 0.1) is 5.92 Å². The number of carbonyl (C=O) groups is 3. The number of thiophene rings is 1. The number of nitrogens with one attached hydrogen (secondary N) is 1. The van der Waals surface area contributed by atoms with Crippen molar-refractivity contribution in [2.75, 3.05) is 32.8 Å². The van der Waals surface area contributed by atoms with Crippen molar-refractivity contribution < 1.29 is 23.6 Å². The highest BCUT2D eigenvalue weighted by molar-refractivity contribution is 7.19. The SMILES string of the molecule is CCOC(=O)C1CCN(C(=O)c2cc(C(=O)NC3CCN(C(C)C)CC3)n(Cc3cc(-c4ccc(Cl)s4)on3)n2)CC1. The van der Waals surface area contributed by atoms with Crippen LogP contribution >= 0.6 is 22.9 Å². The van der Waals surface area contributed by atoms with Crippen LogP contribution < -0.4 is 5.32 Å². The summed E-state index contributed by atoms with van der Waals surface area (Å²) in [6.07, 6.45) is 2.77. The van der Waals surface area contributed by atoms with Gasteiger partial charge in [-0.15, -0.1) is 11.3 Å². The second-order valence-corrected chi connectivity index (χ2v) is 12.8. The van der Waals surface area contributed by atoms with Crippen molar-refractivity contribution in [3.63, 3.8) is 0 Å². The fraction of sp³-hybridized carbons (Fsp3) is 0.552. The van der Waals surface area contributed by atoms with Gasteiger partial charge in [0.25, 0.3) is 11.8 Å². The molecule has 5 heterocycles. The molecule has 0 radical (unpaired) electrons. The number of aromatic nitrogens is 3. The van der Waals surface area contributed by atoms with Gasteiger partial charge in [0.05, 0.1) is 28.3 Å². The molecule has 0 atom stereocenters. The zero-order valence-electron chi connectivity index (χ0n) is 24.2. The molecule has 2 saturated heterocycles. The number of likely N-dealkylation sites (tertiary alicyclic amines) is 2. The summed E-state index contributed by atoms with van der Waals surface area (Å²) in [6.45, 7) is 9.30. The third kappa shape index (κ3) is 7.04. The van der Waals surface area contributed by atoms with Crippen LogP contribution in [-0.2, 0) is 16.1 Å². The molecule has 2 aliphatic rings. The summed E-state index contributed by atoms with van der Waals surface area (Å²) in [5.74, 6) is -0.417. The van der Waals surface area contributed by atoms with Crippen LogP contribution in [-0.4, -0.2) is 87.4 Å². The van der Waals surface area contributed by atoms with Crippen molar-refractivity contribution in [2.45, 2.75) is 65.1 Å². The number of piperidine rings is 2. The minimum atomic E-state index is -0.278. The quantitative estimate of drug-likeness (QED) is 0.353. The van der Waals surface area contributed by atoms with Crippen molar-refractivity contribution in [2.24, 2.45) is 5.92 Å². The molecule has 0 spiro atoms. The Balaban J connectivity index is 1.32. The van der Waals surface area contributed by atoms with Gasteiger partial charge in [0.15, 0.2) is 11.5 Å². The van der Waals surface area contributed by atoms with Gasteiger partial charge in [-0.05, 0) is 58.6 Å². The second-order valence-electron chi connectivity index (χ2n) is 11.1. The van der Waals surface area contributed by atoms with E-state index in [2.05, 4.69) is 34.3 Å². The Hall–Kier alpha value is -3.22. The fourth-order valence-electron chi connectivity index (χ4n) is 5.49. The average molecular weight is 617 g/mol. The second kappa shape index (κ2) is 13.4. The Morgan fingerprint density at radius 1 is 1.12 bits per heavy atom. The van der Waals surface area contributed by atoms with Crippen molar-refractivity contribution in [1.82, 2.24) is 30.1 Å². The summed E-state index contributed by atoms with van der Waals surface area (Å²) >= 11 is 7.46. The topological polar surface area (TPSA) is 123 Å². The van der Waals surface area contributed by atoms with E-state index < -0.39 is 0 Å². The average Bonchev–Trinajstić information content (AvgIpc) is 3.73. The highest BCUT2D eigenvalue weighted by atomic mass is 35.5.